The van der Waals surface area contributed by atoms with E-state index < -0.39 is 0 Å². The smallest absolute Gasteiger partial charge is 0.283 e. The van der Waals surface area contributed by atoms with E-state index in [-0.39, 0.29) is 5.24 Å². The lowest BCUT2D eigenvalue weighted by Gasteiger charge is -2.13. The van der Waals surface area contributed by atoms with Crippen molar-refractivity contribution in [2.24, 2.45) is 0 Å². The molecule has 1 fully saturated rings. The molecular weight excluding hydrogens is 815 g/mol. The number of amides is 1. The number of carbonyl (C=O) groups is 1. The van der Waals surface area contributed by atoms with Gasteiger partial charge >= 0.3 is 0 Å². The highest BCUT2D eigenvalue weighted by molar-refractivity contribution is 8.13. The number of aromatic amines is 2. The van der Waals surface area contributed by atoms with E-state index in [4.69, 9.17) is 9.97 Å². The van der Waals surface area contributed by atoms with Crippen LogP contribution in [0.15, 0.2) is 102 Å². The molecule has 0 atom stereocenters. The van der Waals surface area contributed by atoms with Crippen LogP contribution in [0.2, 0.25) is 0 Å². The van der Waals surface area contributed by atoms with E-state index in [2.05, 4.69) is 192 Å². The molecule has 0 saturated heterocycles. The molecule has 0 spiro atoms. The van der Waals surface area contributed by atoms with Crippen molar-refractivity contribution in [1.29, 1.82) is 0 Å². The van der Waals surface area contributed by atoms with Crippen molar-refractivity contribution in [2.45, 2.75) is 53.4 Å². The first kappa shape index (κ1) is 42.3. The number of aryl methyl sites for hydroxylation is 6. The number of benzene rings is 4. The van der Waals surface area contributed by atoms with Crippen LogP contribution in [0.3, 0.4) is 0 Å². The summed E-state index contributed by atoms with van der Waals surface area (Å²) in [6, 6.07) is 34.8. The van der Waals surface area contributed by atoms with Gasteiger partial charge in [0.15, 0.2) is 0 Å². The maximum atomic E-state index is 12.6. The number of carbonyl (C=O) groups excluding carboxylic acids is 1. The monoisotopic (exact) mass is 864 g/mol. The Hall–Kier alpha value is -6.70. The summed E-state index contributed by atoms with van der Waals surface area (Å²) in [4.78, 5) is 32.4. The molecule has 6 nitrogen and oxygen atoms in total. The second-order valence-electron chi connectivity index (χ2n) is 17.2. The van der Waals surface area contributed by atoms with Crippen LogP contribution in [-0.2, 0) is 0 Å². The van der Waals surface area contributed by atoms with Crippen LogP contribution < -0.4 is 5.32 Å². The summed E-state index contributed by atoms with van der Waals surface area (Å²) in [6.07, 6.45) is 17.1. The van der Waals surface area contributed by atoms with E-state index >= 15 is 0 Å². The van der Waals surface area contributed by atoms with Gasteiger partial charge in [-0.2, -0.15) is 0 Å². The molecular formula is C58H50N5OS. The fourth-order valence-corrected chi connectivity index (χ4v) is 10.6. The fraction of sp³-hybridized carbons (Fsp3) is 0.138. The highest BCUT2D eigenvalue weighted by Gasteiger charge is 2.23. The van der Waals surface area contributed by atoms with E-state index in [0.717, 1.165) is 99.8 Å². The molecule has 1 saturated carbocycles. The fourth-order valence-electron chi connectivity index (χ4n) is 9.86. The van der Waals surface area contributed by atoms with Crippen molar-refractivity contribution >= 4 is 63.4 Å². The predicted molar refractivity (Wildman–Crippen MR) is 273 cm³/mol. The number of rotatable bonds is 7. The summed E-state index contributed by atoms with van der Waals surface area (Å²) >= 11 is 1.20. The van der Waals surface area contributed by atoms with E-state index in [1.54, 1.807) is 0 Å². The summed E-state index contributed by atoms with van der Waals surface area (Å²) in [5, 5.41) is 2.83. The molecule has 5 radical (unpaired) electrons. The van der Waals surface area contributed by atoms with Crippen molar-refractivity contribution in [2.75, 3.05) is 6.54 Å². The predicted octanol–water partition coefficient (Wildman–Crippen LogP) is 14.7. The molecule has 7 heteroatoms. The molecule has 319 valence electrons. The number of aromatic nitrogens is 4. The number of nitrogens with one attached hydrogen (secondary N) is 3. The zero-order valence-electron chi connectivity index (χ0n) is 37.8. The average Bonchev–Trinajstić information content (AvgIpc) is 4.14. The van der Waals surface area contributed by atoms with Crippen molar-refractivity contribution in [1.82, 2.24) is 25.3 Å². The molecule has 1 amide bonds. The number of nitrogens with zero attached hydrogens (tertiary/aromatic N) is 2. The van der Waals surface area contributed by atoms with Crippen LogP contribution in [0.25, 0.3) is 90.9 Å². The van der Waals surface area contributed by atoms with Crippen LogP contribution >= 0.6 is 11.8 Å². The standard InChI is InChI=1S/C58H50N5OS/c1-8-59-58(64)65-43-19-17-42(18-20-43)55-46-23-27-50(62-46)56(52-35(4)29-33(2)30-36(52)5)48-25-21-44(60-48)54(41-15-13-40(14-16-41)39-11-9-10-12-39)45-22-26-49(61-45)57(51-28-24-47(55)63-51)53-37(6)31-34(3)32-38(53)7/h9-32,62-63H,8H2,1-7H3,(H,59,64). The average molecular weight is 865 g/mol. The lowest BCUT2D eigenvalue weighted by atomic mass is 9.92. The number of thioether (sulfide) groups is 1. The van der Waals surface area contributed by atoms with Crippen LogP contribution in [0, 0.1) is 73.1 Å². The van der Waals surface area contributed by atoms with Gasteiger partial charge < -0.3 is 15.3 Å². The summed E-state index contributed by atoms with van der Waals surface area (Å²) in [5.41, 5.74) is 24.1. The second kappa shape index (κ2) is 17.4. The molecule has 3 N–H and O–H groups in total. The molecule has 8 bridgehead atoms. The molecule has 65 heavy (non-hydrogen) atoms. The number of fused-ring (bicyclic) bond motifs is 8. The number of H-pyrrole nitrogens is 2. The van der Waals surface area contributed by atoms with Crippen LogP contribution in [-0.4, -0.2) is 31.7 Å². The highest BCUT2D eigenvalue weighted by atomic mass is 32.2. The first-order valence-electron chi connectivity index (χ1n) is 22.2. The zero-order chi connectivity index (χ0) is 44.9. The first-order chi connectivity index (χ1) is 31.5. The normalized spacial score (nSPS) is 13.5. The van der Waals surface area contributed by atoms with E-state index in [0.29, 0.717) is 6.54 Å². The molecule has 4 aromatic carbocycles. The molecule has 3 aliphatic rings. The molecule has 2 aliphatic heterocycles. The molecule has 1 aliphatic carbocycles. The quantitative estimate of drug-likeness (QED) is 0.139. The highest BCUT2D eigenvalue weighted by Crippen LogP contribution is 2.42. The van der Waals surface area contributed by atoms with Gasteiger partial charge in [0.25, 0.3) is 5.24 Å². The number of hydrogen-bond acceptors (Lipinski definition) is 4. The molecule has 5 heterocycles. The third-order valence-electron chi connectivity index (χ3n) is 12.5. The van der Waals surface area contributed by atoms with E-state index in [1.807, 2.05) is 19.1 Å². The zero-order valence-corrected chi connectivity index (χ0v) is 38.6. The minimum Gasteiger partial charge on any atom is -0.354 e. The maximum absolute atomic E-state index is 12.6. The molecule has 10 rings (SSSR count). The summed E-state index contributed by atoms with van der Waals surface area (Å²) < 4.78 is 0. The van der Waals surface area contributed by atoms with Crippen molar-refractivity contribution in [3.63, 3.8) is 0 Å². The van der Waals surface area contributed by atoms with Crippen molar-refractivity contribution in [3.8, 4) is 44.5 Å². The second-order valence-corrected chi connectivity index (χ2v) is 18.3. The largest absolute Gasteiger partial charge is 0.354 e. The SMILES string of the molecule is CCNC(=O)Sc1ccc(-c2c3ccc([nH]3)c(-c3c(C)cc(C)cc3C)c3nc(c(-c4ccc([C]5[CH][CH][CH][CH]5)cc4)c4nc(c(-c5c(C)cc(C)cc5C)c5ccc2[nH]5)C=C4)C=C3)cc1. The number of hydrogen-bond donors (Lipinski definition) is 3. The van der Waals surface area contributed by atoms with Gasteiger partial charge in [-0.1, -0.05) is 71.8 Å². The third-order valence-corrected chi connectivity index (χ3v) is 13.3. The van der Waals surface area contributed by atoms with Crippen molar-refractivity contribution in [3.05, 3.63) is 190 Å². The van der Waals surface area contributed by atoms with Gasteiger partial charge in [0.2, 0.25) is 0 Å². The van der Waals surface area contributed by atoms with Gasteiger partial charge in [-0.3, -0.25) is 4.79 Å². The maximum Gasteiger partial charge on any atom is 0.283 e. The van der Waals surface area contributed by atoms with Gasteiger partial charge in [-0.15, -0.1) is 0 Å². The summed E-state index contributed by atoms with van der Waals surface area (Å²) in [6.45, 7) is 15.6. The van der Waals surface area contributed by atoms with Crippen molar-refractivity contribution < 1.29 is 4.79 Å². The Labute approximate surface area is 386 Å². The first-order valence-corrected chi connectivity index (χ1v) is 23.1. The summed E-state index contributed by atoms with van der Waals surface area (Å²) in [7, 11) is 0. The Balaban J connectivity index is 1.32. The van der Waals surface area contributed by atoms with Gasteiger partial charge in [0.1, 0.15) is 0 Å². The summed E-state index contributed by atoms with van der Waals surface area (Å²) in [5.74, 6) is 1.19. The van der Waals surface area contributed by atoms with Gasteiger partial charge in [-0.25, -0.2) is 9.97 Å². The Kier molecular flexibility index (Phi) is 11.3. The molecule has 3 aromatic heterocycles. The Bertz CT molecular complexity index is 3070. The van der Waals surface area contributed by atoms with E-state index in [1.165, 1.54) is 51.1 Å². The molecule has 0 unspecified atom stereocenters. The molecule has 7 aromatic rings. The van der Waals surface area contributed by atoms with Crippen LogP contribution in [0.5, 0.6) is 0 Å². The van der Waals surface area contributed by atoms with Gasteiger partial charge in [0.05, 0.1) is 22.8 Å². The Morgan fingerprint density at radius 3 is 1.32 bits per heavy atom. The lowest BCUT2D eigenvalue weighted by Crippen LogP contribution is -2.16. The minimum atomic E-state index is -0.0694. The van der Waals surface area contributed by atoms with Crippen LogP contribution in [0.1, 0.15) is 68.6 Å². The Morgan fingerprint density at radius 2 is 0.877 bits per heavy atom. The van der Waals surface area contributed by atoms with Gasteiger partial charge in [0, 0.05) is 61.7 Å². The lowest BCUT2D eigenvalue weighted by molar-refractivity contribution is 0.261. The van der Waals surface area contributed by atoms with E-state index in [9.17, 15) is 4.79 Å². The topological polar surface area (TPSA) is 86.5 Å². The Morgan fingerprint density at radius 1 is 0.492 bits per heavy atom. The minimum absolute atomic E-state index is 0.0694. The third kappa shape index (κ3) is 8.08. The van der Waals surface area contributed by atoms with Gasteiger partial charge in [-0.05, 0) is 197 Å². The van der Waals surface area contributed by atoms with Crippen LogP contribution in [0.4, 0.5) is 4.79 Å².